The fourth-order valence-corrected chi connectivity index (χ4v) is 2.62. The summed E-state index contributed by atoms with van der Waals surface area (Å²) in [5, 5.41) is 16.0. The zero-order valence-electron chi connectivity index (χ0n) is 11.1. The van der Waals surface area contributed by atoms with Gasteiger partial charge in [0.25, 0.3) is 0 Å². The van der Waals surface area contributed by atoms with Crippen LogP contribution in [0.5, 0.6) is 0 Å². The molecule has 0 bridgehead atoms. The Morgan fingerprint density at radius 2 is 2.21 bits per heavy atom. The molecule has 1 aromatic rings. The summed E-state index contributed by atoms with van der Waals surface area (Å²) < 4.78 is 0. The number of nitrogens with one attached hydrogen (secondary N) is 1. The number of amidine groups is 1. The van der Waals surface area contributed by atoms with Crippen LogP contribution in [0.4, 0.5) is 0 Å². The lowest BCUT2D eigenvalue weighted by Crippen LogP contribution is -2.30. The molecule has 0 radical (unpaired) electrons. The highest BCUT2D eigenvalue weighted by molar-refractivity contribution is 6.31. The van der Waals surface area contributed by atoms with Crippen LogP contribution in [-0.4, -0.2) is 17.6 Å². The van der Waals surface area contributed by atoms with Gasteiger partial charge < -0.3 is 16.3 Å². The van der Waals surface area contributed by atoms with E-state index in [1.165, 1.54) is 0 Å². The molecule has 1 unspecified atom stereocenters. The number of hydrogen-bond donors (Lipinski definition) is 3. The first-order valence-electron chi connectivity index (χ1n) is 6.50. The summed E-state index contributed by atoms with van der Waals surface area (Å²) in [5.41, 5.74) is 6.85. The third kappa shape index (κ3) is 3.61. The Morgan fingerprint density at radius 1 is 1.53 bits per heavy atom. The summed E-state index contributed by atoms with van der Waals surface area (Å²) in [6, 6.07) is 8.04. The molecule has 104 valence electrons. The quantitative estimate of drug-likeness (QED) is 0.325. The molecule has 0 heterocycles. The molecule has 19 heavy (non-hydrogen) atoms. The van der Waals surface area contributed by atoms with Crippen molar-refractivity contribution in [2.24, 2.45) is 16.3 Å². The van der Waals surface area contributed by atoms with E-state index < -0.39 is 0 Å². The Morgan fingerprint density at radius 3 is 2.79 bits per heavy atom. The molecule has 4 nitrogen and oxygen atoms in total. The van der Waals surface area contributed by atoms with Gasteiger partial charge in [0.2, 0.25) is 0 Å². The van der Waals surface area contributed by atoms with Gasteiger partial charge in [-0.2, -0.15) is 0 Å². The van der Waals surface area contributed by atoms with Crippen LogP contribution in [0.25, 0.3) is 0 Å². The van der Waals surface area contributed by atoms with Crippen molar-refractivity contribution in [2.75, 3.05) is 6.54 Å². The van der Waals surface area contributed by atoms with E-state index in [9.17, 15) is 0 Å². The van der Waals surface area contributed by atoms with Crippen LogP contribution in [-0.2, 0) is 0 Å². The van der Waals surface area contributed by atoms with E-state index in [2.05, 4.69) is 17.4 Å². The Balaban J connectivity index is 1.91. The SMILES string of the molecule is CC(NCC1(CC(N)=NO)CC1)c1ccccc1Cl. The first-order valence-corrected chi connectivity index (χ1v) is 6.88. The van der Waals surface area contributed by atoms with Crippen molar-refractivity contribution in [1.82, 2.24) is 5.32 Å². The lowest BCUT2D eigenvalue weighted by Gasteiger charge is -2.20. The minimum atomic E-state index is 0.159. The molecule has 0 amide bonds. The van der Waals surface area contributed by atoms with Crippen molar-refractivity contribution < 1.29 is 5.21 Å². The first kappa shape index (κ1) is 14.2. The second-order valence-electron chi connectivity index (χ2n) is 5.39. The molecule has 1 fully saturated rings. The molecule has 1 aliphatic carbocycles. The number of hydrogen-bond acceptors (Lipinski definition) is 3. The van der Waals surface area contributed by atoms with Crippen molar-refractivity contribution in [3.8, 4) is 0 Å². The Kier molecular flexibility index (Phi) is 4.32. The minimum Gasteiger partial charge on any atom is -0.409 e. The smallest absolute Gasteiger partial charge is 0.139 e. The van der Waals surface area contributed by atoms with E-state index in [1.807, 2.05) is 24.3 Å². The molecule has 5 heteroatoms. The van der Waals surface area contributed by atoms with Crippen LogP contribution in [0, 0.1) is 5.41 Å². The van der Waals surface area contributed by atoms with Gasteiger partial charge >= 0.3 is 0 Å². The van der Waals surface area contributed by atoms with Crippen LogP contribution in [0.2, 0.25) is 5.02 Å². The number of nitrogens with two attached hydrogens (primary N) is 1. The van der Waals surface area contributed by atoms with Crippen LogP contribution in [0.3, 0.4) is 0 Å². The van der Waals surface area contributed by atoms with E-state index in [0.717, 1.165) is 30.0 Å². The summed E-state index contributed by atoms with van der Waals surface area (Å²) in [5.74, 6) is 0.310. The zero-order valence-corrected chi connectivity index (χ0v) is 11.8. The maximum atomic E-state index is 8.64. The van der Waals surface area contributed by atoms with E-state index >= 15 is 0 Å². The van der Waals surface area contributed by atoms with E-state index in [0.29, 0.717) is 12.3 Å². The molecule has 0 aliphatic heterocycles. The largest absolute Gasteiger partial charge is 0.409 e. The van der Waals surface area contributed by atoms with Gasteiger partial charge in [0.1, 0.15) is 5.84 Å². The lowest BCUT2D eigenvalue weighted by molar-refractivity contribution is 0.313. The van der Waals surface area contributed by atoms with Gasteiger partial charge in [0.15, 0.2) is 0 Å². The van der Waals surface area contributed by atoms with Gasteiger partial charge in [0.05, 0.1) is 0 Å². The van der Waals surface area contributed by atoms with E-state index in [1.54, 1.807) is 0 Å². The summed E-state index contributed by atoms with van der Waals surface area (Å²) in [7, 11) is 0. The standard InChI is InChI=1S/C14H20ClN3O/c1-10(11-4-2-3-5-12(11)15)17-9-14(6-7-14)8-13(16)18-19/h2-5,10,17,19H,6-9H2,1H3,(H2,16,18). The van der Waals surface area contributed by atoms with Gasteiger partial charge in [-0.3, -0.25) is 0 Å². The van der Waals surface area contributed by atoms with Crippen LogP contribution < -0.4 is 11.1 Å². The molecule has 1 atom stereocenters. The Labute approximate surface area is 118 Å². The van der Waals surface area contributed by atoms with Crippen molar-refractivity contribution in [3.05, 3.63) is 34.9 Å². The monoisotopic (exact) mass is 281 g/mol. The average molecular weight is 282 g/mol. The van der Waals surface area contributed by atoms with E-state index in [4.69, 9.17) is 22.5 Å². The summed E-state index contributed by atoms with van der Waals surface area (Å²) >= 11 is 6.18. The molecule has 2 rings (SSSR count). The second-order valence-corrected chi connectivity index (χ2v) is 5.80. The van der Waals surface area contributed by atoms with Crippen molar-refractivity contribution >= 4 is 17.4 Å². The number of rotatable bonds is 6. The molecule has 1 aromatic carbocycles. The number of halogens is 1. The van der Waals surface area contributed by atoms with Crippen molar-refractivity contribution in [1.29, 1.82) is 0 Å². The average Bonchev–Trinajstić information content (AvgIpc) is 3.16. The summed E-state index contributed by atoms with van der Waals surface area (Å²) in [6.07, 6.45) is 2.88. The first-order chi connectivity index (χ1) is 9.06. The predicted molar refractivity (Wildman–Crippen MR) is 77.6 cm³/mol. The maximum Gasteiger partial charge on any atom is 0.139 e. The molecule has 0 spiro atoms. The van der Waals surface area contributed by atoms with Gasteiger partial charge in [-0.1, -0.05) is 35.0 Å². The minimum absolute atomic E-state index is 0.159. The number of nitrogens with zero attached hydrogens (tertiary/aromatic N) is 1. The lowest BCUT2D eigenvalue weighted by atomic mass is 10.0. The molecule has 1 saturated carbocycles. The maximum absolute atomic E-state index is 8.64. The van der Waals surface area contributed by atoms with Gasteiger partial charge in [-0.25, -0.2) is 0 Å². The van der Waals surface area contributed by atoms with Crippen molar-refractivity contribution in [3.63, 3.8) is 0 Å². The topological polar surface area (TPSA) is 70.6 Å². The number of oxime groups is 1. The summed E-state index contributed by atoms with van der Waals surface area (Å²) in [6.45, 7) is 2.95. The highest BCUT2D eigenvalue weighted by Crippen LogP contribution is 2.48. The second kappa shape index (κ2) is 5.80. The van der Waals surface area contributed by atoms with Crippen LogP contribution in [0.1, 0.15) is 37.8 Å². The molecular formula is C14H20ClN3O. The van der Waals surface area contributed by atoms with Gasteiger partial charge in [0, 0.05) is 24.0 Å². The molecule has 1 aliphatic rings. The predicted octanol–water partition coefficient (Wildman–Crippen LogP) is 2.91. The van der Waals surface area contributed by atoms with Gasteiger partial charge in [-0.05, 0) is 36.8 Å². The molecule has 0 aromatic heterocycles. The van der Waals surface area contributed by atoms with Crippen LogP contribution >= 0.6 is 11.6 Å². The molecule has 4 N–H and O–H groups in total. The van der Waals surface area contributed by atoms with E-state index in [-0.39, 0.29) is 11.5 Å². The molecule has 0 saturated heterocycles. The molecular weight excluding hydrogens is 262 g/mol. The zero-order chi connectivity index (χ0) is 13.9. The van der Waals surface area contributed by atoms with Crippen LogP contribution in [0.15, 0.2) is 29.4 Å². The highest BCUT2D eigenvalue weighted by atomic mass is 35.5. The Hall–Kier alpha value is -1.26. The normalized spacial score (nSPS) is 19.2. The Bertz CT molecular complexity index is 472. The third-order valence-electron chi connectivity index (χ3n) is 3.80. The number of benzene rings is 1. The van der Waals surface area contributed by atoms with Crippen molar-refractivity contribution in [2.45, 2.75) is 32.2 Å². The fraction of sp³-hybridized carbons (Fsp3) is 0.500. The third-order valence-corrected chi connectivity index (χ3v) is 4.14. The summed E-state index contributed by atoms with van der Waals surface area (Å²) in [4.78, 5) is 0. The van der Waals surface area contributed by atoms with Gasteiger partial charge in [-0.15, -0.1) is 0 Å². The highest BCUT2D eigenvalue weighted by Gasteiger charge is 2.43. The fourth-order valence-electron chi connectivity index (χ4n) is 2.32.